The molecule has 0 saturated carbocycles. The van der Waals surface area contributed by atoms with Crippen molar-refractivity contribution >= 4 is 11.6 Å². The normalized spacial score (nSPS) is 12.8. The number of aliphatic hydroxyl groups excluding tert-OH is 2. The molecule has 1 unspecified atom stereocenters. The van der Waals surface area contributed by atoms with Crippen LogP contribution < -0.4 is 0 Å². The molecule has 306 valence electrons. The number of carbonyl (C=O) groups is 2. The summed E-state index contributed by atoms with van der Waals surface area (Å²) in [5.74, 6) is -1.29. The van der Waals surface area contributed by atoms with Crippen LogP contribution >= 0.6 is 0 Å². The topological polar surface area (TPSA) is 94.8 Å². The lowest BCUT2D eigenvalue weighted by Gasteiger charge is -2.29. The summed E-state index contributed by atoms with van der Waals surface area (Å²) in [5.41, 5.74) is -2.48. The summed E-state index contributed by atoms with van der Waals surface area (Å²) in [6, 6.07) is 0. The molecule has 5 heteroatoms. The average Bonchev–Trinajstić information content (AvgIpc) is 3.15. The van der Waals surface area contributed by atoms with Gasteiger partial charge in [-0.05, 0) is 64.2 Å². The van der Waals surface area contributed by atoms with E-state index in [1.165, 1.54) is 167 Å². The van der Waals surface area contributed by atoms with Crippen molar-refractivity contribution in [3.63, 3.8) is 0 Å². The molecule has 0 aliphatic heterocycles. The minimum absolute atomic E-state index is 0.0567. The lowest BCUT2D eigenvalue weighted by molar-refractivity contribution is -0.166. The van der Waals surface area contributed by atoms with Gasteiger partial charge in [0, 0.05) is 12.8 Å². The van der Waals surface area contributed by atoms with Crippen molar-refractivity contribution in [3.8, 4) is 0 Å². The number of Topliss-reactive ketones (excluding diaryl/α,β-unsaturated/α-hetero) is 2. The highest BCUT2D eigenvalue weighted by Gasteiger charge is 2.48. The molecule has 0 aromatic rings. The highest BCUT2D eigenvalue weighted by molar-refractivity contribution is 6.10. The monoisotopic (exact) mass is 733 g/mol. The average molecular weight is 733 g/mol. The first kappa shape index (κ1) is 50.7. The van der Waals surface area contributed by atoms with Gasteiger partial charge in [0.1, 0.15) is 6.10 Å². The van der Waals surface area contributed by atoms with Crippen LogP contribution in [0.3, 0.4) is 0 Å². The predicted molar refractivity (Wildman–Crippen MR) is 224 cm³/mol. The fourth-order valence-electron chi connectivity index (χ4n) is 7.17. The van der Waals surface area contributed by atoms with Crippen LogP contribution in [0.5, 0.6) is 0 Å². The first-order valence-electron chi connectivity index (χ1n) is 22.8. The second-order valence-corrected chi connectivity index (χ2v) is 15.8. The van der Waals surface area contributed by atoms with Gasteiger partial charge in [0.2, 0.25) is 5.60 Å². The van der Waals surface area contributed by atoms with Crippen LogP contribution in [0.1, 0.15) is 245 Å². The van der Waals surface area contributed by atoms with E-state index in [1.807, 2.05) is 0 Å². The number of rotatable bonds is 42. The van der Waals surface area contributed by atoms with Crippen molar-refractivity contribution < 1.29 is 24.9 Å². The van der Waals surface area contributed by atoms with Gasteiger partial charge in [-0.3, -0.25) is 9.59 Å². The Kier molecular flexibility index (Phi) is 38.4. The van der Waals surface area contributed by atoms with E-state index in [2.05, 4.69) is 38.2 Å². The Hall–Kier alpha value is -1.30. The van der Waals surface area contributed by atoms with Gasteiger partial charge in [-0.2, -0.15) is 0 Å². The van der Waals surface area contributed by atoms with Gasteiger partial charge in [-0.15, -0.1) is 0 Å². The highest BCUT2D eigenvalue weighted by atomic mass is 16.4. The van der Waals surface area contributed by atoms with Crippen LogP contribution in [-0.2, 0) is 9.59 Å². The third-order valence-electron chi connectivity index (χ3n) is 10.8. The second kappa shape index (κ2) is 39.4. The van der Waals surface area contributed by atoms with E-state index < -0.39 is 29.9 Å². The van der Waals surface area contributed by atoms with E-state index in [0.29, 0.717) is 12.8 Å². The molecule has 0 saturated heterocycles. The summed E-state index contributed by atoms with van der Waals surface area (Å²) >= 11 is 0. The van der Waals surface area contributed by atoms with Crippen molar-refractivity contribution in [2.45, 2.75) is 257 Å². The Morgan fingerprint density at radius 1 is 0.423 bits per heavy atom. The summed E-state index contributed by atoms with van der Waals surface area (Å²) in [4.78, 5) is 25.9. The van der Waals surface area contributed by atoms with Gasteiger partial charge in [-0.1, -0.05) is 192 Å². The van der Waals surface area contributed by atoms with Crippen LogP contribution in [0.25, 0.3) is 0 Å². The maximum Gasteiger partial charge on any atom is 0.209 e. The standard InChI is InChI=1S/C47H88O5/c1-3-5-7-9-11-13-15-17-19-21-23-25-27-29-31-33-35-37-39-41-44(49)47(52,46(51)43-48)45(50)42-40-38-36-34-32-30-28-26-24-22-20-18-16-14-12-10-8-6-4-2/h17-20,46,48,51-52H,3-16,21-43H2,1-2H3/b19-17-,20-18-. The van der Waals surface area contributed by atoms with Gasteiger partial charge in [0.25, 0.3) is 0 Å². The highest BCUT2D eigenvalue weighted by Crippen LogP contribution is 2.22. The van der Waals surface area contributed by atoms with Gasteiger partial charge < -0.3 is 15.3 Å². The minimum atomic E-state index is -2.48. The van der Waals surface area contributed by atoms with Crippen molar-refractivity contribution in [2.75, 3.05) is 6.61 Å². The van der Waals surface area contributed by atoms with Crippen LogP contribution in [0.15, 0.2) is 24.3 Å². The molecule has 1 atom stereocenters. The Bertz CT molecular complexity index is 774. The molecule has 52 heavy (non-hydrogen) atoms. The second-order valence-electron chi connectivity index (χ2n) is 15.8. The molecule has 0 bridgehead atoms. The van der Waals surface area contributed by atoms with Crippen molar-refractivity contribution in [1.82, 2.24) is 0 Å². The molecule has 0 heterocycles. The number of ketones is 2. The molecule has 0 fully saturated rings. The first-order chi connectivity index (χ1) is 25.4. The summed E-state index contributed by atoms with van der Waals surface area (Å²) in [5, 5.41) is 30.8. The maximum atomic E-state index is 12.9. The summed E-state index contributed by atoms with van der Waals surface area (Å²) in [6.45, 7) is 3.72. The number of hydrogen-bond donors (Lipinski definition) is 3. The summed E-state index contributed by atoms with van der Waals surface area (Å²) in [7, 11) is 0. The Balaban J connectivity index is 3.86. The molecule has 0 aliphatic rings. The van der Waals surface area contributed by atoms with Gasteiger partial charge in [0.15, 0.2) is 11.6 Å². The molecule has 5 nitrogen and oxygen atoms in total. The van der Waals surface area contributed by atoms with Crippen LogP contribution in [0, 0.1) is 0 Å². The number of unbranched alkanes of at least 4 members (excludes halogenated alkanes) is 30. The number of hydrogen-bond acceptors (Lipinski definition) is 5. The number of carbonyl (C=O) groups excluding carboxylic acids is 2. The van der Waals surface area contributed by atoms with E-state index in [0.717, 1.165) is 38.5 Å². The van der Waals surface area contributed by atoms with Crippen molar-refractivity contribution in [3.05, 3.63) is 24.3 Å². The molecule has 0 amide bonds. The number of allylic oxidation sites excluding steroid dienone is 4. The lowest BCUT2D eigenvalue weighted by Crippen LogP contribution is -2.57. The fraction of sp³-hybridized carbons (Fsp3) is 0.872. The predicted octanol–water partition coefficient (Wildman–Crippen LogP) is 13.4. The smallest absolute Gasteiger partial charge is 0.209 e. The molecule has 0 aromatic carbocycles. The minimum Gasteiger partial charge on any atom is -0.394 e. The Morgan fingerprint density at radius 3 is 0.904 bits per heavy atom. The summed E-state index contributed by atoms with van der Waals surface area (Å²) in [6.07, 6.45) is 48.8. The quantitative estimate of drug-likeness (QED) is 0.0330. The van der Waals surface area contributed by atoms with Gasteiger partial charge >= 0.3 is 0 Å². The third kappa shape index (κ3) is 30.1. The zero-order valence-corrected chi connectivity index (χ0v) is 34.7. The zero-order chi connectivity index (χ0) is 38.2. The fourth-order valence-corrected chi connectivity index (χ4v) is 7.17. The molecule has 3 N–H and O–H groups in total. The molecule has 0 aromatic heterocycles. The molecule has 0 spiro atoms. The maximum absolute atomic E-state index is 12.9. The van der Waals surface area contributed by atoms with E-state index in [4.69, 9.17) is 0 Å². The van der Waals surface area contributed by atoms with Crippen molar-refractivity contribution in [2.24, 2.45) is 0 Å². The lowest BCUT2D eigenvalue weighted by atomic mass is 9.82. The van der Waals surface area contributed by atoms with E-state index in [1.54, 1.807) is 0 Å². The van der Waals surface area contributed by atoms with Crippen LogP contribution in [0.4, 0.5) is 0 Å². The van der Waals surface area contributed by atoms with Crippen LogP contribution in [-0.4, -0.2) is 45.2 Å². The molecule has 0 radical (unpaired) electrons. The van der Waals surface area contributed by atoms with E-state index >= 15 is 0 Å². The van der Waals surface area contributed by atoms with Crippen molar-refractivity contribution in [1.29, 1.82) is 0 Å². The Labute approximate surface area is 323 Å². The van der Waals surface area contributed by atoms with Gasteiger partial charge in [0.05, 0.1) is 6.61 Å². The number of aliphatic hydroxyl groups is 3. The molecular weight excluding hydrogens is 645 g/mol. The van der Waals surface area contributed by atoms with Crippen LogP contribution in [0.2, 0.25) is 0 Å². The largest absolute Gasteiger partial charge is 0.394 e. The molecule has 0 aliphatic carbocycles. The van der Waals surface area contributed by atoms with Gasteiger partial charge in [-0.25, -0.2) is 0 Å². The Morgan fingerprint density at radius 2 is 0.654 bits per heavy atom. The third-order valence-corrected chi connectivity index (χ3v) is 10.8. The SMILES string of the molecule is CCCCCCCC/C=C\CCCCCCCCCCCC(=O)C(O)(C(=O)CCCCCCCCCCC/C=C\CCCCCCCC)C(O)CO. The van der Waals surface area contributed by atoms with E-state index in [9.17, 15) is 24.9 Å². The first-order valence-corrected chi connectivity index (χ1v) is 22.8. The summed E-state index contributed by atoms with van der Waals surface area (Å²) < 4.78 is 0. The molecule has 0 rings (SSSR count). The molecular formula is C47H88O5. The zero-order valence-electron chi connectivity index (χ0n) is 34.7. The van der Waals surface area contributed by atoms with E-state index in [-0.39, 0.29) is 12.8 Å².